The highest BCUT2D eigenvalue weighted by Gasteiger charge is 2.40. The van der Waals surface area contributed by atoms with Crippen LogP contribution >= 0.6 is 11.8 Å². The van der Waals surface area contributed by atoms with Gasteiger partial charge in [0.25, 0.3) is 0 Å². The minimum Gasteiger partial charge on any atom is -0.468 e. The van der Waals surface area contributed by atoms with Gasteiger partial charge in [0.2, 0.25) is 0 Å². The van der Waals surface area contributed by atoms with Gasteiger partial charge in [0, 0.05) is 16.2 Å². The summed E-state index contributed by atoms with van der Waals surface area (Å²) >= 11 is 1.78. The van der Waals surface area contributed by atoms with Crippen LogP contribution in [0.3, 0.4) is 0 Å². The summed E-state index contributed by atoms with van der Waals surface area (Å²) in [7, 11) is 1.41. The second-order valence-corrected chi connectivity index (χ2v) is 7.05. The standard InChI is InChI=1S/C16H20N2O2S/c1-20-15(19)16(17)8-4-6-12(10-16)21-14-9-11-5-2-3-7-13(11)18-14/h2-3,5,7,9,12,18H,4,6,8,10,17H2,1H3. The number of fused-ring (bicyclic) bond motifs is 1. The fourth-order valence-electron chi connectivity index (χ4n) is 3.03. The van der Waals surface area contributed by atoms with Crippen molar-refractivity contribution in [2.24, 2.45) is 5.73 Å². The van der Waals surface area contributed by atoms with Crippen molar-refractivity contribution in [1.29, 1.82) is 0 Å². The smallest absolute Gasteiger partial charge is 0.325 e. The third-order valence-electron chi connectivity index (χ3n) is 4.13. The van der Waals surface area contributed by atoms with Crippen molar-refractivity contribution in [2.45, 2.75) is 41.5 Å². The zero-order valence-corrected chi connectivity index (χ0v) is 12.9. The van der Waals surface area contributed by atoms with Crippen molar-refractivity contribution in [2.75, 3.05) is 7.11 Å². The zero-order valence-electron chi connectivity index (χ0n) is 12.1. The van der Waals surface area contributed by atoms with Crippen molar-refractivity contribution >= 4 is 28.6 Å². The molecule has 1 aliphatic rings. The Morgan fingerprint density at radius 3 is 3.05 bits per heavy atom. The molecule has 0 saturated heterocycles. The van der Waals surface area contributed by atoms with Crippen molar-refractivity contribution in [1.82, 2.24) is 4.98 Å². The summed E-state index contributed by atoms with van der Waals surface area (Å²) in [4.78, 5) is 15.3. The van der Waals surface area contributed by atoms with Crippen LogP contribution in [0.5, 0.6) is 0 Å². The predicted molar refractivity (Wildman–Crippen MR) is 85.3 cm³/mol. The largest absolute Gasteiger partial charge is 0.468 e. The average molecular weight is 304 g/mol. The lowest BCUT2D eigenvalue weighted by molar-refractivity contribution is -0.148. The maximum absolute atomic E-state index is 11.9. The minimum absolute atomic E-state index is 0.288. The van der Waals surface area contributed by atoms with Crippen molar-refractivity contribution < 1.29 is 9.53 Å². The highest BCUT2D eigenvalue weighted by atomic mass is 32.2. The van der Waals surface area contributed by atoms with E-state index < -0.39 is 5.54 Å². The number of carbonyl (C=O) groups is 1. The van der Waals surface area contributed by atoms with Crippen LogP contribution in [0, 0.1) is 0 Å². The summed E-state index contributed by atoms with van der Waals surface area (Å²) in [5, 5.41) is 2.69. The van der Waals surface area contributed by atoms with Crippen LogP contribution < -0.4 is 5.73 Å². The van der Waals surface area contributed by atoms with Crippen LogP contribution in [-0.2, 0) is 9.53 Å². The van der Waals surface area contributed by atoms with E-state index in [1.54, 1.807) is 11.8 Å². The number of ether oxygens (including phenoxy) is 1. The van der Waals surface area contributed by atoms with Gasteiger partial charge in [-0.15, -0.1) is 11.8 Å². The number of hydrogen-bond donors (Lipinski definition) is 2. The van der Waals surface area contributed by atoms with E-state index >= 15 is 0 Å². The molecule has 3 N–H and O–H groups in total. The number of carbonyl (C=O) groups excluding carboxylic acids is 1. The number of hydrogen-bond acceptors (Lipinski definition) is 4. The molecule has 0 spiro atoms. The van der Waals surface area contributed by atoms with Gasteiger partial charge in [-0.25, -0.2) is 0 Å². The Morgan fingerprint density at radius 2 is 2.29 bits per heavy atom. The summed E-state index contributed by atoms with van der Waals surface area (Å²) in [5.74, 6) is -0.288. The molecule has 2 atom stereocenters. The molecule has 1 aromatic carbocycles. The zero-order chi connectivity index (χ0) is 14.9. The van der Waals surface area contributed by atoms with E-state index in [1.165, 1.54) is 12.5 Å². The highest BCUT2D eigenvalue weighted by Crippen LogP contribution is 2.38. The molecule has 5 heteroatoms. The number of methoxy groups -OCH3 is 1. The molecule has 2 aromatic rings. The molecule has 1 heterocycles. The van der Waals surface area contributed by atoms with E-state index in [0.717, 1.165) is 23.4 Å². The maximum atomic E-state index is 11.9. The summed E-state index contributed by atoms with van der Waals surface area (Å²) in [6.45, 7) is 0. The van der Waals surface area contributed by atoms with Crippen LogP contribution in [0.15, 0.2) is 35.4 Å². The Kier molecular flexibility index (Phi) is 3.95. The number of H-pyrrole nitrogens is 1. The fourth-order valence-corrected chi connectivity index (χ4v) is 4.42. The monoisotopic (exact) mass is 304 g/mol. The van der Waals surface area contributed by atoms with Gasteiger partial charge in [-0.2, -0.15) is 0 Å². The molecule has 1 fully saturated rings. The number of aromatic nitrogens is 1. The number of benzene rings is 1. The molecule has 0 radical (unpaired) electrons. The van der Waals surface area contributed by atoms with Crippen LogP contribution in [-0.4, -0.2) is 28.9 Å². The van der Waals surface area contributed by atoms with E-state index in [1.807, 2.05) is 12.1 Å². The lowest BCUT2D eigenvalue weighted by Crippen LogP contribution is -2.52. The fraction of sp³-hybridized carbons (Fsp3) is 0.438. The summed E-state index contributed by atoms with van der Waals surface area (Å²) in [6.07, 6.45) is 3.42. The summed E-state index contributed by atoms with van der Waals surface area (Å²) in [5.41, 5.74) is 6.55. The van der Waals surface area contributed by atoms with Gasteiger partial charge in [0.15, 0.2) is 0 Å². The average Bonchev–Trinajstić information content (AvgIpc) is 2.88. The quantitative estimate of drug-likeness (QED) is 0.855. The molecule has 3 rings (SSSR count). The predicted octanol–water partition coefficient (Wildman–Crippen LogP) is 3.07. The highest BCUT2D eigenvalue weighted by molar-refractivity contribution is 7.99. The van der Waals surface area contributed by atoms with Gasteiger partial charge >= 0.3 is 5.97 Å². The molecule has 0 bridgehead atoms. The number of nitrogens with two attached hydrogens (primary N) is 1. The number of rotatable bonds is 3. The van der Waals surface area contributed by atoms with E-state index in [4.69, 9.17) is 10.5 Å². The molecule has 0 aliphatic heterocycles. The van der Waals surface area contributed by atoms with Crippen LogP contribution in [0.25, 0.3) is 10.9 Å². The molecule has 4 nitrogen and oxygen atoms in total. The van der Waals surface area contributed by atoms with Crippen LogP contribution in [0.4, 0.5) is 0 Å². The van der Waals surface area contributed by atoms with Crippen LogP contribution in [0.2, 0.25) is 0 Å². The Morgan fingerprint density at radius 1 is 1.48 bits per heavy atom. The van der Waals surface area contributed by atoms with Gasteiger partial charge < -0.3 is 15.5 Å². The first kappa shape index (κ1) is 14.5. The first-order chi connectivity index (χ1) is 10.1. The maximum Gasteiger partial charge on any atom is 0.325 e. The molecule has 112 valence electrons. The topological polar surface area (TPSA) is 68.1 Å². The van der Waals surface area contributed by atoms with E-state index in [9.17, 15) is 4.79 Å². The number of thioether (sulfide) groups is 1. The second kappa shape index (κ2) is 5.73. The van der Waals surface area contributed by atoms with Gasteiger partial charge in [0.1, 0.15) is 5.54 Å². The van der Waals surface area contributed by atoms with Crippen LogP contribution in [0.1, 0.15) is 25.7 Å². The van der Waals surface area contributed by atoms with Gasteiger partial charge in [-0.1, -0.05) is 18.2 Å². The minimum atomic E-state index is -0.823. The second-order valence-electron chi connectivity index (χ2n) is 5.70. The number of aromatic amines is 1. The molecular weight excluding hydrogens is 284 g/mol. The summed E-state index contributed by atoms with van der Waals surface area (Å²) in [6, 6.07) is 10.4. The van der Waals surface area contributed by atoms with E-state index in [0.29, 0.717) is 18.1 Å². The van der Waals surface area contributed by atoms with Crippen molar-refractivity contribution in [3.05, 3.63) is 30.3 Å². The molecule has 0 amide bonds. The Hall–Kier alpha value is -1.46. The first-order valence-corrected chi connectivity index (χ1v) is 8.10. The van der Waals surface area contributed by atoms with E-state index in [2.05, 4.69) is 23.2 Å². The summed E-state index contributed by atoms with van der Waals surface area (Å²) < 4.78 is 4.86. The third-order valence-corrected chi connectivity index (χ3v) is 5.34. The first-order valence-electron chi connectivity index (χ1n) is 7.22. The Labute approximate surface area is 128 Å². The lowest BCUT2D eigenvalue weighted by atomic mass is 9.82. The van der Waals surface area contributed by atoms with Gasteiger partial charge in [-0.3, -0.25) is 4.79 Å². The molecular formula is C16H20N2O2S. The molecule has 1 aliphatic carbocycles. The van der Waals surface area contributed by atoms with E-state index in [-0.39, 0.29) is 5.97 Å². The van der Waals surface area contributed by atoms with Crippen molar-refractivity contribution in [3.8, 4) is 0 Å². The number of para-hydroxylation sites is 1. The molecule has 2 unspecified atom stereocenters. The van der Waals surface area contributed by atoms with Gasteiger partial charge in [0.05, 0.1) is 12.1 Å². The molecule has 21 heavy (non-hydrogen) atoms. The normalized spacial score (nSPS) is 25.9. The van der Waals surface area contributed by atoms with Gasteiger partial charge in [-0.05, 0) is 37.8 Å². The third kappa shape index (κ3) is 2.94. The van der Waals surface area contributed by atoms with Crippen molar-refractivity contribution in [3.63, 3.8) is 0 Å². The number of nitrogens with one attached hydrogen (secondary N) is 1. The lowest BCUT2D eigenvalue weighted by Gasteiger charge is -2.34. The SMILES string of the molecule is COC(=O)C1(N)CCCC(Sc2cc3ccccc3[nH]2)C1. The Balaban J connectivity index is 1.73. The Bertz CT molecular complexity index is 622. The molecule has 1 aromatic heterocycles. The molecule has 1 saturated carbocycles. The number of esters is 1.